The molecule has 24 heavy (non-hydrogen) atoms. The minimum Gasteiger partial charge on any atom is -0.469 e. The molecule has 0 radical (unpaired) electrons. The van der Waals surface area contributed by atoms with Gasteiger partial charge in [0, 0.05) is 22.5 Å². The van der Waals surface area contributed by atoms with Crippen molar-refractivity contribution in [2.75, 3.05) is 19.0 Å². The van der Waals surface area contributed by atoms with Gasteiger partial charge in [-0.05, 0) is 36.4 Å². The Labute approximate surface area is 144 Å². The van der Waals surface area contributed by atoms with Crippen LogP contribution < -0.4 is 5.32 Å². The number of benzene rings is 2. The van der Waals surface area contributed by atoms with E-state index in [4.69, 9.17) is 11.6 Å². The van der Waals surface area contributed by atoms with Crippen LogP contribution in [0.5, 0.6) is 0 Å². The Kier molecular flexibility index (Phi) is 4.91. The maximum atomic E-state index is 11.3. The summed E-state index contributed by atoms with van der Waals surface area (Å²) >= 11 is 5.94. The first-order chi connectivity index (χ1) is 11.7. The van der Waals surface area contributed by atoms with Gasteiger partial charge in [-0.1, -0.05) is 23.7 Å². The van der Waals surface area contributed by atoms with Crippen LogP contribution in [0.1, 0.15) is 6.42 Å². The highest BCUT2D eigenvalue weighted by Gasteiger charge is 2.10. The quantitative estimate of drug-likeness (QED) is 0.712. The summed E-state index contributed by atoms with van der Waals surface area (Å²) < 4.78 is 4.66. The summed E-state index contributed by atoms with van der Waals surface area (Å²) in [5.41, 5.74) is 1.71. The Morgan fingerprint density at radius 1 is 1.12 bits per heavy atom. The minimum atomic E-state index is -0.265. The average molecular weight is 342 g/mol. The SMILES string of the molecule is COC(=O)CCNc1nc(-c2ccc(Cl)cc2)nc2ccccc12. The molecule has 0 saturated heterocycles. The number of esters is 1. The van der Waals surface area contributed by atoms with Crippen LogP contribution in [-0.4, -0.2) is 29.6 Å². The normalized spacial score (nSPS) is 10.6. The van der Waals surface area contributed by atoms with Crippen molar-refractivity contribution in [2.45, 2.75) is 6.42 Å². The molecule has 0 bridgehead atoms. The van der Waals surface area contributed by atoms with Crippen molar-refractivity contribution in [1.29, 1.82) is 0 Å². The van der Waals surface area contributed by atoms with Gasteiger partial charge in [0.15, 0.2) is 5.82 Å². The molecule has 0 aliphatic heterocycles. The van der Waals surface area contributed by atoms with E-state index in [1.165, 1.54) is 7.11 Å². The standard InChI is InChI=1S/C18H16ClN3O2/c1-24-16(23)10-11-20-18-14-4-2-3-5-15(14)21-17(22-18)12-6-8-13(19)9-7-12/h2-9H,10-11H2,1H3,(H,20,21,22). The Morgan fingerprint density at radius 3 is 2.62 bits per heavy atom. The van der Waals surface area contributed by atoms with E-state index in [1.54, 1.807) is 12.1 Å². The monoisotopic (exact) mass is 341 g/mol. The fourth-order valence-electron chi connectivity index (χ4n) is 2.32. The summed E-state index contributed by atoms with van der Waals surface area (Å²) in [6.07, 6.45) is 0.269. The molecule has 2 aromatic carbocycles. The molecule has 0 saturated carbocycles. The molecule has 1 N–H and O–H groups in total. The molecule has 3 rings (SSSR count). The van der Waals surface area contributed by atoms with Gasteiger partial charge in [0.05, 0.1) is 19.0 Å². The molecule has 0 aliphatic rings. The van der Waals surface area contributed by atoms with Gasteiger partial charge in [-0.2, -0.15) is 0 Å². The summed E-state index contributed by atoms with van der Waals surface area (Å²) in [6.45, 7) is 0.438. The van der Waals surface area contributed by atoms with Gasteiger partial charge in [0.25, 0.3) is 0 Å². The average Bonchev–Trinajstić information content (AvgIpc) is 2.62. The summed E-state index contributed by atoms with van der Waals surface area (Å²) in [7, 11) is 1.38. The van der Waals surface area contributed by atoms with Gasteiger partial charge in [-0.3, -0.25) is 4.79 Å². The third-order valence-electron chi connectivity index (χ3n) is 3.55. The van der Waals surface area contributed by atoms with Crippen LogP contribution >= 0.6 is 11.6 Å². The Morgan fingerprint density at radius 2 is 1.88 bits per heavy atom. The van der Waals surface area contributed by atoms with Crippen molar-refractivity contribution in [3.05, 3.63) is 53.6 Å². The maximum absolute atomic E-state index is 11.3. The summed E-state index contributed by atoms with van der Waals surface area (Å²) in [6, 6.07) is 15.1. The Bertz CT molecular complexity index is 866. The molecule has 1 aromatic heterocycles. The number of anilines is 1. The number of hydrogen-bond donors (Lipinski definition) is 1. The molecule has 5 nitrogen and oxygen atoms in total. The third kappa shape index (κ3) is 3.63. The smallest absolute Gasteiger partial charge is 0.307 e. The number of ether oxygens (including phenoxy) is 1. The summed E-state index contributed by atoms with van der Waals surface area (Å²) in [5, 5.41) is 4.76. The summed E-state index contributed by atoms with van der Waals surface area (Å²) in [5.74, 6) is 1.03. The first kappa shape index (κ1) is 16.2. The van der Waals surface area contributed by atoms with Crippen molar-refractivity contribution < 1.29 is 9.53 Å². The zero-order valence-electron chi connectivity index (χ0n) is 13.1. The molecule has 0 aliphatic carbocycles. The molecule has 6 heteroatoms. The number of fused-ring (bicyclic) bond motifs is 1. The zero-order chi connectivity index (χ0) is 16.9. The highest BCUT2D eigenvalue weighted by Crippen LogP contribution is 2.25. The highest BCUT2D eigenvalue weighted by atomic mass is 35.5. The number of carbonyl (C=O) groups excluding carboxylic acids is 1. The second-order valence-corrected chi connectivity index (χ2v) is 5.61. The lowest BCUT2D eigenvalue weighted by Gasteiger charge is -2.10. The molecular weight excluding hydrogens is 326 g/mol. The largest absolute Gasteiger partial charge is 0.469 e. The van der Waals surface area contributed by atoms with E-state index < -0.39 is 0 Å². The molecule has 0 unspecified atom stereocenters. The van der Waals surface area contributed by atoms with Gasteiger partial charge >= 0.3 is 5.97 Å². The lowest BCUT2D eigenvalue weighted by Crippen LogP contribution is -2.11. The molecule has 0 spiro atoms. The second-order valence-electron chi connectivity index (χ2n) is 5.17. The van der Waals surface area contributed by atoms with Gasteiger partial charge in [0.2, 0.25) is 0 Å². The van der Waals surface area contributed by atoms with Gasteiger partial charge in [0.1, 0.15) is 5.82 Å². The second kappa shape index (κ2) is 7.27. The number of rotatable bonds is 5. The fourth-order valence-corrected chi connectivity index (χ4v) is 2.45. The number of nitrogens with zero attached hydrogens (tertiary/aromatic N) is 2. The van der Waals surface area contributed by atoms with E-state index in [0.717, 1.165) is 16.5 Å². The molecule has 1 heterocycles. The number of methoxy groups -OCH3 is 1. The topological polar surface area (TPSA) is 64.1 Å². The van der Waals surface area contributed by atoms with Crippen molar-refractivity contribution >= 4 is 34.3 Å². The molecule has 0 atom stereocenters. The highest BCUT2D eigenvalue weighted by molar-refractivity contribution is 6.30. The fraction of sp³-hybridized carbons (Fsp3) is 0.167. The first-order valence-corrected chi connectivity index (χ1v) is 7.88. The molecule has 0 amide bonds. The number of halogens is 1. The van der Waals surface area contributed by atoms with Crippen LogP contribution in [0, 0.1) is 0 Å². The van der Waals surface area contributed by atoms with Gasteiger partial charge < -0.3 is 10.1 Å². The van der Waals surface area contributed by atoms with E-state index in [2.05, 4.69) is 20.0 Å². The minimum absolute atomic E-state index is 0.265. The van der Waals surface area contributed by atoms with Crippen LogP contribution in [0.4, 0.5) is 5.82 Å². The number of aromatic nitrogens is 2. The number of nitrogens with one attached hydrogen (secondary N) is 1. The number of hydrogen-bond acceptors (Lipinski definition) is 5. The number of carbonyl (C=O) groups is 1. The molecule has 0 fully saturated rings. The maximum Gasteiger partial charge on any atom is 0.307 e. The Hall–Kier alpha value is -2.66. The van der Waals surface area contributed by atoms with Crippen LogP contribution in [-0.2, 0) is 9.53 Å². The van der Waals surface area contributed by atoms with Crippen LogP contribution in [0.15, 0.2) is 48.5 Å². The molecule has 122 valence electrons. The zero-order valence-corrected chi connectivity index (χ0v) is 13.9. The van der Waals surface area contributed by atoms with Gasteiger partial charge in [-0.25, -0.2) is 9.97 Å². The lowest BCUT2D eigenvalue weighted by atomic mass is 10.2. The van der Waals surface area contributed by atoms with Crippen molar-refractivity contribution in [3.8, 4) is 11.4 Å². The van der Waals surface area contributed by atoms with Crippen molar-refractivity contribution in [1.82, 2.24) is 9.97 Å². The number of para-hydroxylation sites is 1. The van der Waals surface area contributed by atoms with Crippen LogP contribution in [0.2, 0.25) is 5.02 Å². The van der Waals surface area contributed by atoms with E-state index in [1.807, 2.05) is 36.4 Å². The summed E-state index contributed by atoms with van der Waals surface area (Å²) in [4.78, 5) is 20.5. The third-order valence-corrected chi connectivity index (χ3v) is 3.81. The van der Waals surface area contributed by atoms with Crippen molar-refractivity contribution in [3.63, 3.8) is 0 Å². The van der Waals surface area contributed by atoms with E-state index >= 15 is 0 Å². The van der Waals surface area contributed by atoms with Crippen LogP contribution in [0.3, 0.4) is 0 Å². The van der Waals surface area contributed by atoms with Crippen molar-refractivity contribution in [2.24, 2.45) is 0 Å². The predicted molar refractivity (Wildman–Crippen MR) is 95.1 cm³/mol. The molecule has 3 aromatic rings. The lowest BCUT2D eigenvalue weighted by molar-refractivity contribution is -0.140. The van der Waals surface area contributed by atoms with E-state index in [0.29, 0.717) is 23.2 Å². The van der Waals surface area contributed by atoms with E-state index in [9.17, 15) is 4.79 Å². The van der Waals surface area contributed by atoms with Gasteiger partial charge in [-0.15, -0.1) is 0 Å². The molecular formula is C18H16ClN3O2. The predicted octanol–water partition coefficient (Wildman–Crippen LogP) is 3.93. The van der Waals surface area contributed by atoms with Crippen LogP contribution in [0.25, 0.3) is 22.3 Å². The Balaban J connectivity index is 1.96. The first-order valence-electron chi connectivity index (χ1n) is 7.51. The van der Waals surface area contributed by atoms with E-state index in [-0.39, 0.29) is 12.4 Å².